The van der Waals surface area contributed by atoms with Gasteiger partial charge in [0.2, 0.25) is 0 Å². The number of nitrogens with zero attached hydrogens (tertiary/aromatic N) is 1. The zero-order chi connectivity index (χ0) is 12.1. The summed E-state index contributed by atoms with van der Waals surface area (Å²) in [6.45, 7) is 0. The molecule has 1 aromatic rings. The van der Waals surface area contributed by atoms with Gasteiger partial charge in [-0.2, -0.15) is 0 Å². The van der Waals surface area contributed by atoms with Crippen molar-refractivity contribution in [2.75, 3.05) is 7.05 Å². The highest BCUT2D eigenvalue weighted by molar-refractivity contribution is 9.10. The Balaban J connectivity index is 2.03. The van der Waals surface area contributed by atoms with Crippen LogP contribution in [0, 0.1) is 5.92 Å². The quantitative estimate of drug-likeness (QED) is 0.906. The van der Waals surface area contributed by atoms with E-state index in [2.05, 4.69) is 32.3 Å². The molecular weight excluding hydrogens is 276 g/mol. The van der Waals surface area contributed by atoms with Crippen molar-refractivity contribution in [2.24, 2.45) is 5.92 Å². The van der Waals surface area contributed by atoms with Crippen molar-refractivity contribution in [3.8, 4) is 0 Å². The van der Waals surface area contributed by atoms with E-state index in [0.717, 1.165) is 16.1 Å². The molecule has 3 heteroatoms. The monoisotopic (exact) mass is 296 g/mol. The van der Waals surface area contributed by atoms with Gasteiger partial charge in [-0.1, -0.05) is 32.1 Å². The zero-order valence-electron chi connectivity index (χ0n) is 10.5. The number of aromatic nitrogens is 1. The first kappa shape index (κ1) is 13.0. The van der Waals surface area contributed by atoms with Gasteiger partial charge in [0.1, 0.15) is 0 Å². The van der Waals surface area contributed by atoms with Gasteiger partial charge in [-0.15, -0.1) is 0 Å². The molecule has 1 heterocycles. The summed E-state index contributed by atoms with van der Waals surface area (Å²) in [7, 11) is 2.04. The smallest absolute Gasteiger partial charge is 0.0714 e. The van der Waals surface area contributed by atoms with Crippen LogP contribution in [0.5, 0.6) is 0 Å². The molecule has 0 aromatic carbocycles. The molecule has 1 aromatic heterocycles. The molecule has 2 nitrogen and oxygen atoms in total. The average molecular weight is 297 g/mol. The van der Waals surface area contributed by atoms with Gasteiger partial charge in [-0.25, -0.2) is 0 Å². The Labute approximate surface area is 112 Å². The molecule has 1 aliphatic carbocycles. The van der Waals surface area contributed by atoms with Gasteiger partial charge < -0.3 is 5.32 Å². The second-order valence-corrected chi connectivity index (χ2v) is 5.81. The normalized spacial score (nSPS) is 19.2. The Bertz CT molecular complexity index is 348. The van der Waals surface area contributed by atoms with Crippen molar-refractivity contribution in [3.05, 3.63) is 28.5 Å². The lowest BCUT2D eigenvalue weighted by Crippen LogP contribution is -2.22. The maximum Gasteiger partial charge on any atom is 0.0714 e. The molecular formula is C14H21BrN2. The largest absolute Gasteiger partial charge is 0.312 e. The Hall–Kier alpha value is -0.410. The summed E-state index contributed by atoms with van der Waals surface area (Å²) in [5.74, 6) is 0.870. The van der Waals surface area contributed by atoms with E-state index >= 15 is 0 Å². The topological polar surface area (TPSA) is 24.9 Å². The van der Waals surface area contributed by atoms with Gasteiger partial charge in [0.05, 0.1) is 11.7 Å². The average Bonchev–Trinajstić information content (AvgIpc) is 2.38. The molecule has 0 radical (unpaired) electrons. The van der Waals surface area contributed by atoms with E-state index in [1.807, 2.05) is 19.3 Å². The predicted molar refractivity (Wildman–Crippen MR) is 74.9 cm³/mol. The van der Waals surface area contributed by atoms with Crippen LogP contribution in [-0.4, -0.2) is 12.0 Å². The number of pyridine rings is 1. The van der Waals surface area contributed by atoms with Crippen LogP contribution in [-0.2, 0) is 0 Å². The number of halogens is 1. The van der Waals surface area contributed by atoms with Crippen molar-refractivity contribution in [3.63, 3.8) is 0 Å². The fraction of sp³-hybridized carbons (Fsp3) is 0.643. The van der Waals surface area contributed by atoms with Gasteiger partial charge in [-0.05, 0) is 47.4 Å². The van der Waals surface area contributed by atoms with Crippen LogP contribution in [0.4, 0.5) is 0 Å². The van der Waals surface area contributed by atoms with Crippen LogP contribution in [0.3, 0.4) is 0 Å². The maximum atomic E-state index is 4.51. The number of nitrogens with one attached hydrogen (secondary N) is 1. The Morgan fingerprint density at radius 3 is 2.82 bits per heavy atom. The molecule has 1 fully saturated rings. The van der Waals surface area contributed by atoms with Gasteiger partial charge in [0.15, 0.2) is 0 Å². The molecule has 1 atom stereocenters. The minimum atomic E-state index is 0.383. The second kappa shape index (κ2) is 6.50. The maximum absolute atomic E-state index is 4.51. The van der Waals surface area contributed by atoms with E-state index in [1.165, 1.54) is 38.5 Å². The summed E-state index contributed by atoms with van der Waals surface area (Å²) in [6, 6.07) is 4.43. The van der Waals surface area contributed by atoms with Crippen LogP contribution in [0.1, 0.15) is 50.3 Å². The molecule has 1 N–H and O–H groups in total. The molecule has 2 rings (SSSR count). The summed E-state index contributed by atoms with van der Waals surface area (Å²) < 4.78 is 1.12. The highest BCUT2D eigenvalue weighted by atomic mass is 79.9. The number of hydrogen-bond donors (Lipinski definition) is 1. The van der Waals surface area contributed by atoms with Crippen LogP contribution < -0.4 is 5.32 Å². The molecule has 1 unspecified atom stereocenters. The van der Waals surface area contributed by atoms with Crippen molar-refractivity contribution in [2.45, 2.75) is 44.6 Å². The summed E-state index contributed by atoms with van der Waals surface area (Å²) in [6.07, 6.45) is 10.1. The third kappa shape index (κ3) is 3.52. The lowest BCUT2D eigenvalue weighted by molar-refractivity contribution is 0.303. The highest BCUT2D eigenvalue weighted by Gasteiger charge is 2.21. The lowest BCUT2D eigenvalue weighted by Gasteiger charge is -2.26. The minimum Gasteiger partial charge on any atom is -0.312 e. The fourth-order valence-corrected chi connectivity index (χ4v) is 3.31. The fourth-order valence-electron chi connectivity index (χ4n) is 2.78. The van der Waals surface area contributed by atoms with Crippen molar-refractivity contribution < 1.29 is 0 Å². The van der Waals surface area contributed by atoms with Gasteiger partial charge in [-0.3, -0.25) is 4.98 Å². The van der Waals surface area contributed by atoms with E-state index in [4.69, 9.17) is 0 Å². The predicted octanol–water partition coefficient (Wildman–Crippen LogP) is 4.08. The van der Waals surface area contributed by atoms with E-state index in [1.54, 1.807) is 0 Å². The van der Waals surface area contributed by atoms with Crippen LogP contribution in [0.25, 0.3) is 0 Å². The van der Waals surface area contributed by atoms with E-state index in [0.29, 0.717) is 6.04 Å². The van der Waals surface area contributed by atoms with Crippen molar-refractivity contribution >= 4 is 15.9 Å². The summed E-state index contributed by atoms with van der Waals surface area (Å²) in [5.41, 5.74) is 1.15. The Morgan fingerprint density at radius 1 is 1.41 bits per heavy atom. The molecule has 0 aliphatic heterocycles. The van der Waals surface area contributed by atoms with Crippen LogP contribution >= 0.6 is 15.9 Å². The third-order valence-corrected chi connectivity index (χ3v) is 4.43. The highest BCUT2D eigenvalue weighted by Crippen LogP contribution is 2.33. The molecule has 1 saturated carbocycles. The first-order valence-electron chi connectivity index (χ1n) is 6.59. The standard InChI is InChI=1S/C14H21BrN2/c1-16-13(10-11-6-3-2-4-7-11)14-12(15)8-5-9-17-14/h5,8-9,11,13,16H,2-4,6-7,10H2,1H3. The summed E-state index contributed by atoms with van der Waals surface area (Å²) in [5, 5.41) is 3.41. The van der Waals surface area contributed by atoms with E-state index in [-0.39, 0.29) is 0 Å². The van der Waals surface area contributed by atoms with Crippen molar-refractivity contribution in [1.82, 2.24) is 10.3 Å². The second-order valence-electron chi connectivity index (χ2n) is 4.95. The summed E-state index contributed by atoms with van der Waals surface area (Å²) in [4.78, 5) is 4.51. The molecule has 17 heavy (non-hydrogen) atoms. The van der Waals surface area contributed by atoms with Crippen LogP contribution in [0.15, 0.2) is 22.8 Å². The van der Waals surface area contributed by atoms with Crippen LogP contribution in [0.2, 0.25) is 0 Å². The minimum absolute atomic E-state index is 0.383. The summed E-state index contributed by atoms with van der Waals surface area (Å²) >= 11 is 3.60. The molecule has 0 bridgehead atoms. The van der Waals surface area contributed by atoms with Gasteiger partial charge >= 0.3 is 0 Å². The number of rotatable bonds is 4. The zero-order valence-corrected chi connectivity index (χ0v) is 12.0. The SMILES string of the molecule is CNC(CC1CCCCC1)c1ncccc1Br. The Morgan fingerprint density at radius 2 is 2.18 bits per heavy atom. The molecule has 0 spiro atoms. The molecule has 0 amide bonds. The van der Waals surface area contributed by atoms with E-state index in [9.17, 15) is 0 Å². The molecule has 94 valence electrons. The number of hydrogen-bond acceptors (Lipinski definition) is 2. The first-order valence-corrected chi connectivity index (χ1v) is 7.38. The molecule has 1 aliphatic rings. The third-order valence-electron chi connectivity index (χ3n) is 3.76. The van der Waals surface area contributed by atoms with Gasteiger partial charge in [0.25, 0.3) is 0 Å². The first-order chi connectivity index (χ1) is 8.31. The van der Waals surface area contributed by atoms with Gasteiger partial charge in [0, 0.05) is 10.7 Å². The lowest BCUT2D eigenvalue weighted by atomic mass is 9.84. The molecule has 0 saturated heterocycles. The van der Waals surface area contributed by atoms with E-state index < -0.39 is 0 Å². The van der Waals surface area contributed by atoms with Crippen molar-refractivity contribution in [1.29, 1.82) is 0 Å². The Kier molecular flexibility index (Phi) is 4.99.